The molecule has 2 saturated heterocycles. The number of hydrogen-bond acceptors (Lipinski definition) is 3. The molecule has 4 heteroatoms. The van der Waals surface area contributed by atoms with E-state index in [1.165, 1.54) is 32.1 Å². The van der Waals surface area contributed by atoms with Gasteiger partial charge in [-0.15, -0.1) is 0 Å². The number of hydrogen-bond donors (Lipinski definition) is 2. The summed E-state index contributed by atoms with van der Waals surface area (Å²) in [7, 11) is 2.17. The Morgan fingerprint density at radius 3 is 2.79 bits per heavy atom. The second-order valence-electron chi connectivity index (χ2n) is 6.69. The molecule has 2 aliphatic heterocycles. The second kappa shape index (κ2) is 6.71. The van der Waals surface area contributed by atoms with Crippen LogP contribution >= 0.6 is 0 Å². The van der Waals surface area contributed by atoms with Crippen LogP contribution in [0.2, 0.25) is 0 Å². The van der Waals surface area contributed by atoms with Crippen LogP contribution in [-0.2, 0) is 4.79 Å². The molecule has 4 nitrogen and oxygen atoms in total. The molecule has 0 aromatic carbocycles. The Bertz CT molecular complexity index is 290. The maximum Gasteiger partial charge on any atom is 0.237 e. The Morgan fingerprint density at radius 2 is 2.05 bits per heavy atom. The van der Waals surface area contributed by atoms with Crippen molar-refractivity contribution in [1.29, 1.82) is 0 Å². The van der Waals surface area contributed by atoms with E-state index >= 15 is 0 Å². The van der Waals surface area contributed by atoms with Crippen LogP contribution < -0.4 is 10.6 Å². The highest BCUT2D eigenvalue weighted by atomic mass is 16.2. The zero-order chi connectivity index (χ0) is 13.7. The van der Waals surface area contributed by atoms with Crippen LogP contribution in [-0.4, -0.2) is 50.1 Å². The van der Waals surface area contributed by atoms with E-state index in [0.29, 0.717) is 0 Å². The fraction of sp³-hybridized carbons (Fsp3) is 0.933. The predicted molar refractivity (Wildman–Crippen MR) is 78.1 cm³/mol. The lowest BCUT2D eigenvalue weighted by Gasteiger charge is -2.38. The Morgan fingerprint density at radius 1 is 1.32 bits per heavy atom. The molecule has 2 aliphatic rings. The molecule has 0 aromatic heterocycles. The molecule has 0 radical (unpaired) electrons. The molecular formula is C15H29N3O. The molecule has 2 N–H and O–H groups in total. The van der Waals surface area contributed by atoms with Gasteiger partial charge >= 0.3 is 0 Å². The molecule has 0 bridgehead atoms. The first-order chi connectivity index (χ1) is 9.09. The van der Waals surface area contributed by atoms with Crippen molar-refractivity contribution in [3.63, 3.8) is 0 Å². The van der Waals surface area contributed by atoms with Crippen molar-refractivity contribution >= 4 is 5.91 Å². The third-order valence-electron chi connectivity index (χ3n) is 4.76. The maximum absolute atomic E-state index is 12.2. The fourth-order valence-corrected chi connectivity index (χ4v) is 3.01. The smallest absolute Gasteiger partial charge is 0.237 e. The molecule has 0 aromatic rings. The van der Waals surface area contributed by atoms with Crippen LogP contribution in [0.3, 0.4) is 0 Å². The topological polar surface area (TPSA) is 44.4 Å². The van der Waals surface area contributed by atoms with E-state index in [4.69, 9.17) is 0 Å². The summed E-state index contributed by atoms with van der Waals surface area (Å²) in [4.78, 5) is 14.6. The molecule has 1 atom stereocenters. The van der Waals surface area contributed by atoms with E-state index in [-0.39, 0.29) is 17.4 Å². The number of carbonyl (C=O) groups excluding carboxylic acids is 1. The van der Waals surface area contributed by atoms with Crippen molar-refractivity contribution in [2.75, 3.05) is 33.2 Å². The first-order valence-corrected chi connectivity index (χ1v) is 7.79. The lowest BCUT2D eigenvalue weighted by Crippen LogP contribution is -2.49. The monoisotopic (exact) mass is 267 g/mol. The first-order valence-electron chi connectivity index (χ1n) is 7.79. The van der Waals surface area contributed by atoms with Gasteiger partial charge < -0.3 is 15.5 Å². The SMILES string of the molecule is CN1CCC(C)(CNC(=O)C2CCCCCN2)CC1. The van der Waals surface area contributed by atoms with E-state index in [1.807, 2.05) is 0 Å². The number of carbonyl (C=O) groups is 1. The van der Waals surface area contributed by atoms with Gasteiger partial charge in [-0.05, 0) is 57.8 Å². The molecule has 2 heterocycles. The van der Waals surface area contributed by atoms with Crippen LogP contribution in [0, 0.1) is 5.41 Å². The summed E-state index contributed by atoms with van der Waals surface area (Å²) in [6.45, 7) is 6.42. The molecular weight excluding hydrogens is 238 g/mol. The maximum atomic E-state index is 12.2. The molecule has 2 fully saturated rings. The van der Waals surface area contributed by atoms with Crippen molar-refractivity contribution in [3.8, 4) is 0 Å². The Balaban J connectivity index is 1.76. The summed E-state index contributed by atoms with van der Waals surface area (Å²) in [5, 5.41) is 6.55. The van der Waals surface area contributed by atoms with Crippen molar-refractivity contribution < 1.29 is 4.79 Å². The molecule has 19 heavy (non-hydrogen) atoms. The summed E-state index contributed by atoms with van der Waals surface area (Å²) in [6, 6.07) is 0.0392. The van der Waals surface area contributed by atoms with Crippen molar-refractivity contribution in [3.05, 3.63) is 0 Å². The molecule has 0 spiro atoms. The van der Waals surface area contributed by atoms with Gasteiger partial charge in [0.25, 0.3) is 0 Å². The largest absolute Gasteiger partial charge is 0.354 e. The number of rotatable bonds is 3. The second-order valence-corrected chi connectivity index (χ2v) is 6.69. The van der Waals surface area contributed by atoms with E-state index in [9.17, 15) is 4.79 Å². The number of piperidine rings is 1. The number of nitrogens with one attached hydrogen (secondary N) is 2. The number of nitrogens with zero attached hydrogens (tertiary/aromatic N) is 1. The van der Waals surface area contributed by atoms with Gasteiger partial charge in [-0.3, -0.25) is 4.79 Å². The standard InChI is InChI=1S/C15H29N3O/c1-15(7-10-18(2)11-8-15)12-17-14(19)13-6-4-3-5-9-16-13/h13,16H,3-12H2,1-2H3,(H,17,19). The van der Waals surface area contributed by atoms with Gasteiger partial charge in [0, 0.05) is 6.54 Å². The summed E-state index contributed by atoms with van der Waals surface area (Å²) in [5.41, 5.74) is 0.285. The van der Waals surface area contributed by atoms with Crippen LogP contribution in [0.1, 0.15) is 45.4 Å². The highest BCUT2D eigenvalue weighted by Crippen LogP contribution is 2.29. The van der Waals surface area contributed by atoms with Gasteiger partial charge in [-0.2, -0.15) is 0 Å². The Labute approximate surface area is 117 Å². The molecule has 0 saturated carbocycles. The predicted octanol–water partition coefficient (Wildman–Crippen LogP) is 1.37. The van der Waals surface area contributed by atoms with Gasteiger partial charge in [0.2, 0.25) is 5.91 Å². The van der Waals surface area contributed by atoms with E-state index in [1.54, 1.807) is 0 Å². The lowest BCUT2D eigenvalue weighted by atomic mass is 9.80. The van der Waals surface area contributed by atoms with Gasteiger partial charge in [-0.25, -0.2) is 0 Å². The van der Waals surface area contributed by atoms with E-state index < -0.39 is 0 Å². The molecule has 110 valence electrons. The summed E-state index contributed by atoms with van der Waals surface area (Å²) >= 11 is 0. The first kappa shape index (κ1) is 14.8. The normalized spacial score (nSPS) is 28.6. The van der Waals surface area contributed by atoms with Gasteiger partial charge in [0.05, 0.1) is 6.04 Å². The summed E-state index contributed by atoms with van der Waals surface area (Å²) < 4.78 is 0. The van der Waals surface area contributed by atoms with Gasteiger partial charge in [-0.1, -0.05) is 19.8 Å². The van der Waals surface area contributed by atoms with E-state index in [2.05, 4.69) is 29.5 Å². The fourth-order valence-electron chi connectivity index (χ4n) is 3.01. The van der Waals surface area contributed by atoms with Crippen LogP contribution in [0.5, 0.6) is 0 Å². The van der Waals surface area contributed by atoms with Crippen molar-refractivity contribution in [2.45, 2.75) is 51.5 Å². The van der Waals surface area contributed by atoms with Crippen LogP contribution in [0.4, 0.5) is 0 Å². The zero-order valence-electron chi connectivity index (χ0n) is 12.5. The Kier molecular flexibility index (Phi) is 5.22. The lowest BCUT2D eigenvalue weighted by molar-refractivity contribution is -0.123. The minimum absolute atomic E-state index is 0.0392. The minimum atomic E-state index is 0.0392. The molecule has 0 aliphatic carbocycles. The minimum Gasteiger partial charge on any atom is -0.354 e. The van der Waals surface area contributed by atoms with Crippen molar-refractivity contribution in [2.24, 2.45) is 5.41 Å². The van der Waals surface area contributed by atoms with Crippen LogP contribution in [0.15, 0.2) is 0 Å². The van der Waals surface area contributed by atoms with Crippen LogP contribution in [0.25, 0.3) is 0 Å². The summed E-state index contributed by atoms with van der Waals surface area (Å²) in [5.74, 6) is 0.210. The third-order valence-corrected chi connectivity index (χ3v) is 4.76. The molecule has 2 rings (SSSR count). The average molecular weight is 267 g/mol. The number of amides is 1. The molecule has 1 unspecified atom stereocenters. The zero-order valence-corrected chi connectivity index (χ0v) is 12.5. The third kappa shape index (κ3) is 4.46. The quantitative estimate of drug-likeness (QED) is 0.812. The average Bonchev–Trinajstić information content (AvgIpc) is 2.69. The Hall–Kier alpha value is -0.610. The number of likely N-dealkylation sites (tertiary alicyclic amines) is 1. The highest BCUT2D eigenvalue weighted by molar-refractivity contribution is 5.81. The van der Waals surface area contributed by atoms with E-state index in [0.717, 1.165) is 32.6 Å². The van der Waals surface area contributed by atoms with Crippen molar-refractivity contribution in [1.82, 2.24) is 15.5 Å². The summed E-state index contributed by atoms with van der Waals surface area (Å²) in [6.07, 6.45) is 6.98. The highest BCUT2D eigenvalue weighted by Gasteiger charge is 2.30. The van der Waals surface area contributed by atoms with Gasteiger partial charge in [0.1, 0.15) is 0 Å². The van der Waals surface area contributed by atoms with Gasteiger partial charge in [0.15, 0.2) is 0 Å². The molecule has 1 amide bonds.